The first kappa shape index (κ1) is 23.8. The third-order valence-electron chi connectivity index (χ3n) is 6.18. The first-order valence-corrected chi connectivity index (χ1v) is 12.1. The minimum atomic E-state index is -0.662. The van der Waals surface area contributed by atoms with E-state index in [1.807, 2.05) is 35.2 Å². The van der Waals surface area contributed by atoms with Crippen molar-refractivity contribution in [3.63, 3.8) is 0 Å². The monoisotopic (exact) mass is 478 g/mol. The molecule has 1 heterocycles. The third-order valence-corrected chi connectivity index (χ3v) is 6.54. The molecule has 34 heavy (non-hydrogen) atoms. The van der Waals surface area contributed by atoms with Crippen molar-refractivity contribution >= 4 is 34.8 Å². The fraction of sp³-hybridized carbons (Fsp3) is 0.346. The van der Waals surface area contributed by atoms with E-state index in [-0.39, 0.29) is 30.3 Å². The summed E-state index contributed by atoms with van der Waals surface area (Å²) in [6.45, 7) is 4.23. The second-order valence-corrected chi connectivity index (χ2v) is 8.94. The number of hydrogen-bond acceptors (Lipinski definition) is 4. The van der Waals surface area contributed by atoms with E-state index < -0.39 is 6.04 Å². The molecule has 1 aliphatic carbocycles. The molecule has 0 radical (unpaired) electrons. The molecule has 2 fully saturated rings. The zero-order valence-corrected chi connectivity index (χ0v) is 19.9. The molecule has 2 aliphatic rings. The van der Waals surface area contributed by atoms with Crippen LogP contribution in [0.2, 0.25) is 0 Å². The largest absolute Gasteiger partial charge is 0.457 e. The van der Waals surface area contributed by atoms with Gasteiger partial charge in [-0.3, -0.25) is 9.59 Å². The van der Waals surface area contributed by atoms with Gasteiger partial charge in [0.05, 0.1) is 12.5 Å². The van der Waals surface area contributed by atoms with Gasteiger partial charge in [0.2, 0.25) is 11.8 Å². The SMILES string of the molecule is C=CCNC(=S)N1C(CC(=O)Nc2ccc(Oc3ccccc3)cc2)C(=O)NC2CCCCC21. The van der Waals surface area contributed by atoms with Gasteiger partial charge in [-0.15, -0.1) is 6.58 Å². The van der Waals surface area contributed by atoms with Gasteiger partial charge >= 0.3 is 0 Å². The summed E-state index contributed by atoms with van der Waals surface area (Å²) in [5.41, 5.74) is 0.635. The summed E-state index contributed by atoms with van der Waals surface area (Å²) >= 11 is 5.63. The number of thiocarbonyl (C=S) groups is 1. The Bertz CT molecular complexity index is 1030. The quantitative estimate of drug-likeness (QED) is 0.413. The fourth-order valence-electron chi connectivity index (χ4n) is 4.60. The maximum absolute atomic E-state index is 13.0. The van der Waals surface area contributed by atoms with Crippen molar-refractivity contribution in [3.8, 4) is 11.5 Å². The van der Waals surface area contributed by atoms with E-state index >= 15 is 0 Å². The van der Waals surface area contributed by atoms with Gasteiger partial charge < -0.3 is 25.6 Å². The first-order chi connectivity index (χ1) is 16.5. The number of rotatable bonds is 7. The van der Waals surface area contributed by atoms with Crippen LogP contribution < -0.4 is 20.7 Å². The lowest BCUT2D eigenvalue weighted by atomic mass is 9.85. The number of hydrogen-bond donors (Lipinski definition) is 3. The molecule has 4 rings (SSSR count). The summed E-state index contributed by atoms with van der Waals surface area (Å²) in [7, 11) is 0. The van der Waals surface area contributed by atoms with Gasteiger partial charge in [-0.05, 0) is 61.5 Å². The van der Waals surface area contributed by atoms with E-state index in [0.717, 1.165) is 31.4 Å². The van der Waals surface area contributed by atoms with Gasteiger partial charge in [0, 0.05) is 18.3 Å². The van der Waals surface area contributed by atoms with Crippen LogP contribution in [-0.4, -0.2) is 46.5 Å². The van der Waals surface area contributed by atoms with Crippen LogP contribution in [0.3, 0.4) is 0 Å². The highest BCUT2D eigenvalue weighted by molar-refractivity contribution is 7.80. The number of para-hydroxylation sites is 1. The van der Waals surface area contributed by atoms with Crippen LogP contribution in [0.15, 0.2) is 67.3 Å². The van der Waals surface area contributed by atoms with E-state index in [2.05, 4.69) is 22.5 Å². The van der Waals surface area contributed by atoms with Gasteiger partial charge in [0.15, 0.2) is 5.11 Å². The Hall–Kier alpha value is -3.39. The predicted octanol–water partition coefficient (Wildman–Crippen LogP) is 3.98. The molecule has 3 atom stereocenters. The molecule has 0 spiro atoms. The zero-order chi connectivity index (χ0) is 23.9. The van der Waals surface area contributed by atoms with Crippen LogP contribution in [0, 0.1) is 0 Å². The molecule has 1 saturated heterocycles. The standard InChI is InChI=1S/C26H30N4O3S/c1-2-16-27-26(34)30-22-11-7-6-10-21(22)29-25(32)23(30)17-24(31)28-18-12-14-20(15-13-18)33-19-8-4-3-5-9-19/h2-5,8-9,12-15,21-23H,1,6-7,10-11,16-17H2,(H,27,34)(H,28,31)(H,29,32). The van der Waals surface area contributed by atoms with E-state index in [1.54, 1.807) is 30.3 Å². The number of piperazine rings is 1. The van der Waals surface area contributed by atoms with E-state index in [4.69, 9.17) is 17.0 Å². The van der Waals surface area contributed by atoms with Crippen LogP contribution in [0.1, 0.15) is 32.1 Å². The molecule has 2 amide bonds. The lowest BCUT2D eigenvalue weighted by Gasteiger charge is -2.49. The van der Waals surface area contributed by atoms with Gasteiger partial charge in [-0.25, -0.2) is 0 Å². The maximum atomic E-state index is 13.0. The van der Waals surface area contributed by atoms with Crippen LogP contribution in [0.4, 0.5) is 5.69 Å². The predicted molar refractivity (Wildman–Crippen MR) is 137 cm³/mol. The van der Waals surface area contributed by atoms with Crippen molar-refractivity contribution in [3.05, 3.63) is 67.3 Å². The first-order valence-electron chi connectivity index (χ1n) is 11.7. The molecular weight excluding hydrogens is 448 g/mol. The molecule has 1 saturated carbocycles. The average molecular weight is 479 g/mol. The lowest BCUT2D eigenvalue weighted by molar-refractivity contribution is -0.134. The van der Waals surface area contributed by atoms with Gasteiger partial charge in [-0.2, -0.15) is 0 Å². The number of carbonyl (C=O) groups excluding carboxylic acids is 2. The van der Waals surface area contributed by atoms with E-state index in [9.17, 15) is 9.59 Å². The van der Waals surface area contributed by atoms with Crippen LogP contribution in [-0.2, 0) is 9.59 Å². The second-order valence-electron chi connectivity index (χ2n) is 8.56. The highest BCUT2D eigenvalue weighted by Gasteiger charge is 2.44. The van der Waals surface area contributed by atoms with Crippen molar-refractivity contribution in [2.24, 2.45) is 0 Å². The summed E-state index contributed by atoms with van der Waals surface area (Å²) in [5, 5.41) is 9.66. The number of anilines is 1. The fourth-order valence-corrected chi connectivity index (χ4v) is 4.95. The molecule has 8 heteroatoms. The molecular formula is C26H30N4O3S. The highest BCUT2D eigenvalue weighted by Crippen LogP contribution is 2.30. The number of nitrogens with one attached hydrogen (secondary N) is 3. The molecule has 7 nitrogen and oxygen atoms in total. The number of benzene rings is 2. The van der Waals surface area contributed by atoms with Crippen molar-refractivity contribution in [1.82, 2.24) is 15.5 Å². The van der Waals surface area contributed by atoms with E-state index in [0.29, 0.717) is 23.1 Å². The molecule has 2 aromatic carbocycles. The Kier molecular flexibility index (Phi) is 7.80. The maximum Gasteiger partial charge on any atom is 0.243 e. The van der Waals surface area contributed by atoms with Crippen molar-refractivity contribution in [2.45, 2.75) is 50.2 Å². The lowest BCUT2D eigenvalue weighted by Crippen LogP contribution is -2.69. The van der Waals surface area contributed by atoms with Crippen molar-refractivity contribution in [2.75, 3.05) is 11.9 Å². The Labute approximate surface area is 205 Å². The molecule has 0 bridgehead atoms. The molecule has 0 aromatic heterocycles. The Balaban J connectivity index is 1.42. The Morgan fingerprint density at radius 2 is 1.82 bits per heavy atom. The third kappa shape index (κ3) is 5.75. The van der Waals surface area contributed by atoms with Crippen molar-refractivity contribution < 1.29 is 14.3 Å². The number of amides is 2. The summed E-state index contributed by atoms with van der Waals surface area (Å²) in [6.07, 6.45) is 5.75. The topological polar surface area (TPSA) is 82.7 Å². The summed E-state index contributed by atoms with van der Waals surface area (Å²) < 4.78 is 5.80. The Morgan fingerprint density at radius 3 is 2.56 bits per heavy atom. The number of fused-ring (bicyclic) bond motifs is 1. The van der Waals surface area contributed by atoms with Crippen LogP contribution in [0.5, 0.6) is 11.5 Å². The molecule has 3 unspecified atom stereocenters. The molecule has 178 valence electrons. The number of carbonyl (C=O) groups is 2. The van der Waals surface area contributed by atoms with Crippen LogP contribution >= 0.6 is 12.2 Å². The number of ether oxygens (including phenoxy) is 1. The molecule has 3 N–H and O–H groups in total. The van der Waals surface area contributed by atoms with Gasteiger partial charge in [-0.1, -0.05) is 37.1 Å². The minimum Gasteiger partial charge on any atom is -0.457 e. The van der Waals surface area contributed by atoms with Crippen molar-refractivity contribution in [1.29, 1.82) is 0 Å². The normalized spacial score (nSPS) is 21.6. The van der Waals surface area contributed by atoms with Gasteiger partial charge in [0.25, 0.3) is 0 Å². The summed E-state index contributed by atoms with van der Waals surface area (Å²) in [6, 6.07) is 16.1. The summed E-state index contributed by atoms with van der Waals surface area (Å²) in [5.74, 6) is 1.00. The number of nitrogens with zero attached hydrogens (tertiary/aromatic N) is 1. The zero-order valence-electron chi connectivity index (χ0n) is 19.0. The minimum absolute atomic E-state index is 0.00717. The smallest absolute Gasteiger partial charge is 0.243 e. The average Bonchev–Trinajstić information content (AvgIpc) is 2.85. The molecule has 1 aliphatic heterocycles. The van der Waals surface area contributed by atoms with Gasteiger partial charge in [0.1, 0.15) is 17.5 Å². The second kappa shape index (κ2) is 11.2. The summed E-state index contributed by atoms with van der Waals surface area (Å²) in [4.78, 5) is 27.8. The molecule has 2 aromatic rings. The highest BCUT2D eigenvalue weighted by atomic mass is 32.1. The van der Waals surface area contributed by atoms with Crippen LogP contribution in [0.25, 0.3) is 0 Å². The van der Waals surface area contributed by atoms with E-state index in [1.165, 1.54) is 0 Å². The Morgan fingerprint density at radius 1 is 1.12 bits per heavy atom.